The van der Waals surface area contributed by atoms with Gasteiger partial charge in [0, 0.05) is 29.4 Å². The van der Waals surface area contributed by atoms with Crippen molar-refractivity contribution in [3.8, 4) is 22.1 Å². The molecule has 1 aromatic carbocycles. The summed E-state index contributed by atoms with van der Waals surface area (Å²) in [5.74, 6) is 1.61. The van der Waals surface area contributed by atoms with Crippen molar-refractivity contribution in [2.75, 3.05) is 19.5 Å². The molecular weight excluding hydrogens is 414 g/mol. The molecule has 0 unspecified atom stereocenters. The molecule has 0 bridgehead atoms. The van der Waals surface area contributed by atoms with Gasteiger partial charge >= 0.3 is 0 Å². The maximum Gasteiger partial charge on any atom is 0.231 e. The number of nitrogens with zero attached hydrogens (tertiary/aromatic N) is 4. The molecule has 0 saturated heterocycles. The highest BCUT2D eigenvalue weighted by molar-refractivity contribution is 7.13. The molecule has 1 amide bonds. The van der Waals surface area contributed by atoms with Crippen LogP contribution in [0.1, 0.15) is 11.4 Å². The van der Waals surface area contributed by atoms with Crippen molar-refractivity contribution in [2.24, 2.45) is 0 Å². The van der Waals surface area contributed by atoms with Gasteiger partial charge in [0.25, 0.3) is 0 Å². The Morgan fingerprint density at radius 3 is 2.74 bits per heavy atom. The second-order valence-corrected chi connectivity index (χ2v) is 7.52. The number of thiazole rings is 1. The Balaban J connectivity index is 1.37. The zero-order valence-electron chi connectivity index (χ0n) is 17.1. The van der Waals surface area contributed by atoms with Crippen molar-refractivity contribution in [3.05, 3.63) is 71.6 Å². The number of carbonyl (C=O) groups excluding carboxylic acids is 1. The zero-order valence-corrected chi connectivity index (χ0v) is 17.9. The summed E-state index contributed by atoms with van der Waals surface area (Å²) in [5.41, 5.74) is 2.50. The van der Waals surface area contributed by atoms with Gasteiger partial charge in [0.05, 0.1) is 38.6 Å². The van der Waals surface area contributed by atoms with E-state index in [2.05, 4.69) is 20.4 Å². The van der Waals surface area contributed by atoms with E-state index in [1.807, 2.05) is 48.0 Å². The van der Waals surface area contributed by atoms with Crippen molar-refractivity contribution in [1.82, 2.24) is 19.7 Å². The normalized spacial score (nSPS) is 10.6. The van der Waals surface area contributed by atoms with Crippen molar-refractivity contribution in [2.45, 2.75) is 13.0 Å². The number of anilines is 1. The number of carbonyl (C=O) groups is 1. The van der Waals surface area contributed by atoms with Crippen LogP contribution in [0.2, 0.25) is 0 Å². The van der Waals surface area contributed by atoms with Crippen molar-refractivity contribution < 1.29 is 14.3 Å². The van der Waals surface area contributed by atoms with Crippen LogP contribution in [-0.4, -0.2) is 39.9 Å². The standard InChI is InChI=1S/C22H21N5O3S/c1-29-18-7-6-15(11-19(18)30-2)22-24-17(14-31-22)12-21(28)25-20-8-10-27(26-20)13-16-5-3-4-9-23-16/h3-11,14H,12-13H2,1-2H3,(H,25,26,28). The largest absolute Gasteiger partial charge is 0.493 e. The highest BCUT2D eigenvalue weighted by Gasteiger charge is 2.13. The van der Waals surface area contributed by atoms with Gasteiger partial charge in [-0.1, -0.05) is 6.07 Å². The molecule has 4 rings (SSSR count). The van der Waals surface area contributed by atoms with Crippen LogP contribution in [0, 0.1) is 0 Å². The molecule has 9 heteroatoms. The molecule has 1 N–H and O–H groups in total. The first kappa shape index (κ1) is 20.5. The summed E-state index contributed by atoms with van der Waals surface area (Å²) in [4.78, 5) is 21.3. The lowest BCUT2D eigenvalue weighted by atomic mass is 10.2. The lowest BCUT2D eigenvalue weighted by molar-refractivity contribution is -0.115. The van der Waals surface area contributed by atoms with E-state index < -0.39 is 0 Å². The van der Waals surface area contributed by atoms with Crippen molar-refractivity contribution >= 4 is 23.1 Å². The Kier molecular flexibility index (Phi) is 6.23. The Bertz CT molecular complexity index is 1170. The van der Waals surface area contributed by atoms with E-state index >= 15 is 0 Å². The summed E-state index contributed by atoms with van der Waals surface area (Å²) in [6.07, 6.45) is 3.71. The minimum absolute atomic E-state index is 0.164. The number of hydrogen-bond acceptors (Lipinski definition) is 7. The van der Waals surface area contributed by atoms with Crippen LogP contribution in [0.15, 0.2) is 60.2 Å². The molecule has 0 fully saturated rings. The summed E-state index contributed by atoms with van der Waals surface area (Å²) in [5, 5.41) is 9.88. The van der Waals surface area contributed by atoms with E-state index in [-0.39, 0.29) is 12.3 Å². The van der Waals surface area contributed by atoms with Crippen LogP contribution < -0.4 is 14.8 Å². The van der Waals surface area contributed by atoms with Crippen molar-refractivity contribution in [3.63, 3.8) is 0 Å². The van der Waals surface area contributed by atoms with Gasteiger partial charge in [0.1, 0.15) is 5.01 Å². The third-order valence-corrected chi connectivity index (χ3v) is 5.42. The molecule has 8 nitrogen and oxygen atoms in total. The number of hydrogen-bond donors (Lipinski definition) is 1. The van der Waals surface area contributed by atoms with Crippen LogP contribution in [0.5, 0.6) is 11.5 Å². The molecule has 0 spiro atoms. The van der Waals surface area contributed by atoms with Crippen LogP contribution >= 0.6 is 11.3 Å². The first-order chi connectivity index (χ1) is 15.1. The summed E-state index contributed by atoms with van der Waals surface area (Å²) in [7, 11) is 3.19. The first-order valence-corrected chi connectivity index (χ1v) is 10.4. The van der Waals surface area contributed by atoms with Gasteiger partial charge in [0.2, 0.25) is 5.91 Å². The minimum atomic E-state index is -0.174. The first-order valence-electron chi connectivity index (χ1n) is 9.54. The summed E-state index contributed by atoms with van der Waals surface area (Å²) in [6, 6.07) is 13.1. The summed E-state index contributed by atoms with van der Waals surface area (Å²) < 4.78 is 12.4. The number of benzene rings is 1. The molecule has 3 aromatic heterocycles. The average molecular weight is 436 g/mol. The maximum absolute atomic E-state index is 12.4. The number of methoxy groups -OCH3 is 2. The molecule has 158 valence electrons. The Morgan fingerprint density at radius 2 is 1.97 bits per heavy atom. The van der Waals surface area contributed by atoms with Crippen LogP contribution in [0.4, 0.5) is 5.82 Å². The van der Waals surface area contributed by atoms with Gasteiger partial charge in [-0.3, -0.25) is 14.5 Å². The number of aromatic nitrogens is 4. The van der Waals surface area contributed by atoms with E-state index in [4.69, 9.17) is 9.47 Å². The lowest BCUT2D eigenvalue weighted by Crippen LogP contribution is -2.15. The van der Waals surface area contributed by atoms with Crippen LogP contribution in [-0.2, 0) is 17.8 Å². The SMILES string of the molecule is COc1ccc(-c2nc(CC(=O)Nc3ccn(Cc4ccccn4)n3)cs2)cc1OC. The summed E-state index contributed by atoms with van der Waals surface area (Å²) >= 11 is 1.47. The smallest absolute Gasteiger partial charge is 0.231 e. The molecule has 0 aliphatic heterocycles. The van der Waals surface area contributed by atoms with E-state index in [9.17, 15) is 4.79 Å². The number of rotatable bonds is 8. The highest BCUT2D eigenvalue weighted by Crippen LogP contribution is 2.33. The fourth-order valence-corrected chi connectivity index (χ4v) is 3.83. The van der Waals surface area contributed by atoms with Gasteiger partial charge in [-0.2, -0.15) is 5.10 Å². The molecule has 4 aromatic rings. The van der Waals surface area contributed by atoms with Gasteiger partial charge in [-0.25, -0.2) is 4.98 Å². The third kappa shape index (κ3) is 5.07. The maximum atomic E-state index is 12.4. The van der Waals surface area contributed by atoms with Gasteiger partial charge in [-0.05, 0) is 30.3 Å². The second kappa shape index (κ2) is 9.40. The molecule has 0 atom stereocenters. The number of nitrogens with one attached hydrogen (secondary N) is 1. The monoisotopic (exact) mass is 435 g/mol. The second-order valence-electron chi connectivity index (χ2n) is 6.66. The van der Waals surface area contributed by atoms with E-state index in [1.165, 1.54) is 11.3 Å². The van der Waals surface area contributed by atoms with Gasteiger partial charge < -0.3 is 14.8 Å². The molecule has 0 aliphatic carbocycles. The molecule has 3 heterocycles. The molecular formula is C22H21N5O3S. The molecule has 31 heavy (non-hydrogen) atoms. The third-order valence-electron chi connectivity index (χ3n) is 4.48. The fourth-order valence-electron chi connectivity index (χ4n) is 3.02. The van der Waals surface area contributed by atoms with Crippen molar-refractivity contribution in [1.29, 1.82) is 0 Å². The lowest BCUT2D eigenvalue weighted by Gasteiger charge is -2.08. The predicted octanol–water partition coefficient (Wildman–Crippen LogP) is 3.65. The van der Waals surface area contributed by atoms with Crippen LogP contribution in [0.25, 0.3) is 10.6 Å². The van der Waals surface area contributed by atoms with E-state index in [1.54, 1.807) is 31.2 Å². The quantitative estimate of drug-likeness (QED) is 0.454. The highest BCUT2D eigenvalue weighted by atomic mass is 32.1. The number of ether oxygens (including phenoxy) is 2. The molecule has 0 aliphatic rings. The zero-order chi connectivity index (χ0) is 21.6. The Morgan fingerprint density at radius 1 is 1.10 bits per heavy atom. The van der Waals surface area contributed by atoms with Crippen LogP contribution in [0.3, 0.4) is 0 Å². The Labute approximate surface area is 183 Å². The summed E-state index contributed by atoms with van der Waals surface area (Å²) in [6.45, 7) is 0.539. The minimum Gasteiger partial charge on any atom is -0.493 e. The van der Waals surface area contributed by atoms with Gasteiger partial charge in [-0.15, -0.1) is 11.3 Å². The predicted molar refractivity (Wildman–Crippen MR) is 119 cm³/mol. The van der Waals surface area contributed by atoms with Gasteiger partial charge in [0.15, 0.2) is 17.3 Å². The average Bonchev–Trinajstić information content (AvgIpc) is 3.43. The number of amides is 1. The topological polar surface area (TPSA) is 91.2 Å². The molecule has 0 radical (unpaired) electrons. The molecule has 0 saturated carbocycles. The fraction of sp³-hybridized carbons (Fsp3) is 0.182. The Hall–Kier alpha value is -3.72. The number of pyridine rings is 1. The van der Waals surface area contributed by atoms with E-state index in [0.717, 1.165) is 16.3 Å². The van der Waals surface area contributed by atoms with E-state index in [0.29, 0.717) is 29.6 Å².